The number of sulfonamides is 1. The predicted octanol–water partition coefficient (Wildman–Crippen LogP) is 2.84. The van der Waals surface area contributed by atoms with Crippen LogP contribution in [0, 0.1) is 6.92 Å². The second-order valence-electron chi connectivity index (χ2n) is 4.02. The predicted molar refractivity (Wildman–Crippen MR) is 74.0 cm³/mol. The number of nitrogens with one attached hydrogen (secondary N) is 1. The van der Waals surface area contributed by atoms with E-state index in [0.29, 0.717) is 4.90 Å². The highest BCUT2D eigenvalue weighted by atomic mass is 79.9. The number of rotatable bonds is 6. The van der Waals surface area contributed by atoms with E-state index in [1.165, 1.54) is 0 Å². The molecule has 96 valence electrons. The number of hydrogen-bond donors (Lipinski definition) is 1. The summed E-state index contributed by atoms with van der Waals surface area (Å²) in [6.07, 6.45) is 1.58. The average molecular weight is 320 g/mol. The molecule has 0 aliphatic rings. The third-order valence-electron chi connectivity index (χ3n) is 2.60. The van der Waals surface area contributed by atoms with Crippen molar-refractivity contribution in [1.29, 1.82) is 0 Å². The monoisotopic (exact) mass is 319 g/mol. The highest BCUT2D eigenvalue weighted by Gasteiger charge is 2.18. The summed E-state index contributed by atoms with van der Waals surface area (Å²) in [6, 6.07) is 6.87. The van der Waals surface area contributed by atoms with Crippen LogP contribution < -0.4 is 4.72 Å². The maximum absolute atomic E-state index is 12.1. The van der Waals surface area contributed by atoms with Gasteiger partial charge in [-0.05, 0) is 31.9 Å². The van der Waals surface area contributed by atoms with Gasteiger partial charge >= 0.3 is 0 Å². The normalized spacial score (nSPS) is 13.6. The molecule has 1 N–H and O–H groups in total. The summed E-state index contributed by atoms with van der Waals surface area (Å²) >= 11 is 3.33. The summed E-state index contributed by atoms with van der Waals surface area (Å²) in [7, 11) is -3.38. The average Bonchev–Trinajstić information content (AvgIpc) is 2.28. The lowest BCUT2D eigenvalue weighted by Gasteiger charge is -2.15. The molecule has 0 heterocycles. The fraction of sp³-hybridized carbons (Fsp3) is 0.500. The van der Waals surface area contributed by atoms with Gasteiger partial charge < -0.3 is 0 Å². The van der Waals surface area contributed by atoms with Crippen LogP contribution >= 0.6 is 15.9 Å². The van der Waals surface area contributed by atoms with Crippen molar-refractivity contribution in [3.05, 3.63) is 29.8 Å². The van der Waals surface area contributed by atoms with Crippen LogP contribution in [0.2, 0.25) is 0 Å². The number of alkyl halides is 1. The molecule has 1 unspecified atom stereocenters. The second kappa shape index (κ2) is 6.52. The van der Waals surface area contributed by atoms with Gasteiger partial charge in [-0.15, -0.1) is 0 Å². The van der Waals surface area contributed by atoms with E-state index < -0.39 is 10.0 Å². The zero-order chi connectivity index (χ0) is 12.9. The first kappa shape index (κ1) is 14.7. The van der Waals surface area contributed by atoms with E-state index >= 15 is 0 Å². The summed E-state index contributed by atoms with van der Waals surface area (Å²) < 4.78 is 26.8. The molecule has 3 nitrogen and oxygen atoms in total. The standard InChI is InChI=1S/C12H18BrNO2S/c1-3-11(8-9-13)14-17(15,16)12-6-4-10(2)5-7-12/h4-7,11,14H,3,8-9H2,1-2H3. The van der Waals surface area contributed by atoms with Gasteiger partial charge in [0.15, 0.2) is 0 Å². The molecule has 0 saturated heterocycles. The molecule has 0 bridgehead atoms. The fourth-order valence-electron chi connectivity index (χ4n) is 1.48. The van der Waals surface area contributed by atoms with Crippen molar-refractivity contribution in [2.75, 3.05) is 5.33 Å². The molecule has 1 aromatic carbocycles. The molecule has 5 heteroatoms. The number of benzene rings is 1. The Labute approximate surface area is 112 Å². The molecule has 1 rings (SSSR count). The van der Waals surface area contributed by atoms with Gasteiger partial charge in [-0.2, -0.15) is 0 Å². The second-order valence-corrected chi connectivity index (χ2v) is 6.52. The third-order valence-corrected chi connectivity index (χ3v) is 4.60. The molecule has 0 saturated carbocycles. The molecule has 0 amide bonds. The van der Waals surface area contributed by atoms with E-state index in [1.54, 1.807) is 24.3 Å². The van der Waals surface area contributed by atoms with Crippen molar-refractivity contribution in [1.82, 2.24) is 4.72 Å². The maximum atomic E-state index is 12.1. The largest absolute Gasteiger partial charge is 0.240 e. The zero-order valence-corrected chi connectivity index (χ0v) is 12.5. The van der Waals surface area contributed by atoms with Crippen molar-refractivity contribution in [3.63, 3.8) is 0 Å². The zero-order valence-electron chi connectivity index (χ0n) is 10.1. The van der Waals surface area contributed by atoms with Crippen LogP contribution in [0.3, 0.4) is 0 Å². The molecule has 17 heavy (non-hydrogen) atoms. The van der Waals surface area contributed by atoms with Crippen molar-refractivity contribution in [2.24, 2.45) is 0 Å². The van der Waals surface area contributed by atoms with E-state index in [2.05, 4.69) is 20.7 Å². The molecule has 0 aliphatic carbocycles. The van der Waals surface area contributed by atoms with Gasteiger partial charge in [-0.1, -0.05) is 40.5 Å². The first-order valence-corrected chi connectivity index (χ1v) is 8.25. The Kier molecular flexibility index (Phi) is 5.62. The Morgan fingerprint density at radius 2 is 1.88 bits per heavy atom. The van der Waals surface area contributed by atoms with E-state index in [9.17, 15) is 8.42 Å². The van der Waals surface area contributed by atoms with Crippen molar-refractivity contribution < 1.29 is 8.42 Å². The van der Waals surface area contributed by atoms with Crippen molar-refractivity contribution >= 4 is 26.0 Å². The van der Waals surface area contributed by atoms with Crippen LogP contribution in [-0.2, 0) is 10.0 Å². The Hall–Kier alpha value is -0.390. The van der Waals surface area contributed by atoms with Crippen LogP contribution in [0.25, 0.3) is 0 Å². The number of aryl methyl sites for hydroxylation is 1. The van der Waals surface area contributed by atoms with Crippen LogP contribution in [0.4, 0.5) is 0 Å². The van der Waals surface area contributed by atoms with Crippen molar-refractivity contribution in [2.45, 2.75) is 37.6 Å². The molecule has 1 atom stereocenters. The Morgan fingerprint density at radius 1 is 1.29 bits per heavy atom. The Morgan fingerprint density at radius 3 is 2.35 bits per heavy atom. The van der Waals surface area contributed by atoms with Gasteiger partial charge in [0.25, 0.3) is 0 Å². The lowest BCUT2D eigenvalue weighted by molar-refractivity contribution is 0.533. The van der Waals surface area contributed by atoms with Gasteiger partial charge in [0.2, 0.25) is 10.0 Å². The topological polar surface area (TPSA) is 46.2 Å². The molecule has 0 aromatic heterocycles. The quantitative estimate of drug-likeness (QED) is 0.819. The van der Waals surface area contributed by atoms with Crippen LogP contribution in [0.15, 0.2) is 29.2 Å². The van der Waals surface area contributed by atoms with E-state index in [0.717, 1.165) is 23.7 Å². The number of hydrogen-bond acceptors (Lipinski definition) is 2. The summed E-state index contributed by atoms with van der Waals surface area (Å²) in [6.45, 7) is 3.91. The first-order valence-electron chi connectivity index (χ1n) is 5.64. The fourth-order valence-corrected chi connectivity index (χ4v) is 3.39. The van der Waals surface area contributed by atoms with Gasteiger partial charge in [0.05, 0.1) is 4.90 Å². The lowest BCUT2D eigenvalue weighted by atomic mass is 10.2. The van der Waals surface area contributed by atoms with Crippen molar-refractivity contribution in [3.8, 4) is 0 Å². The third kappa shape index (κ3) is 4.41. The summed E-state index contributed by atoms with van der Waals surface area (Å²) in [5.74, 6) is 0. The molecular formula is C12H18BrNO2S. The minimum absolute atomic E-state index is 0.0133. The number of halogens is 1. The highest BCUT2D eigenvalue weighted by molar-refractivity contribution is 9.09. The molecule has 0 spiro atoms. The van der Waals surface area contributed by atoms with Crippen LogP contribution in [0.5, 0.6) is 0 Å². The van der Waals surface area contributed by atoms with E-state index in [4.69, 9.17) is 0 Å². The molecule has 0 aliphatic heterocycles. The molecule has 0 radical (unpaired) electrons. The minimum Gasteiger partial charge on any atom is -0.208 e. The highest BCUT2D eigenvalue weighted by Crippen LogP contribution is 2.12. The molecular weight excluding hydrogens is 302 g/mol. The van der Waals surface area contributed by atoms with Gasteiger partial charge in [0, 0.05) is 11.4 Å². The molecule has 1 aromatic rings. The smallest absolute Gasteiger partial charge is 0.208 e. The summed E-state index contributed by atoms with van der Waals surface area (Å²) in [4.78, 5) is 0.330. The Bertz CT molecular complexity index is 442. The summed E-state index contributed by atoms with van der Waals surface area (Å²) in [5.41, 5.74) is 1.05. The van der Waals surface area contributed by atoms with E-state index in [-0.39, 0.29) is 6.04 Å². The van der Waals surface area contributed by atoms with Crippen LogP contribution in [-0.4, -0.2) is 19.8 Å². The van der Waals surface area contributed by atoms with E-state index in [1.807, 2.05) is 13.8 Å². The maximum Gasteiger partial charge on any atom is 0.240 e. The van der Waals surface area contributed by atoms with Gasteiger partial charge in [0.1, 0.15) is 0 Å². The minimum atomic E-state index is -3.38. The SMILES string of the molecule is CCC(CCBr)NS(=O)(=O)c1ccc(C)cc1. The van der Waals surface area contributed by atoms with Gasteiger partial charge in [-0.3, -0.25) is 0 Å². The van der Waals surface area contributed by atoms with Gasteiger partial charge in [-0.25, -0.2) is 13.1 Å². The lowest BCUT2D eigenvalue weighted by Crippen LogP contribution is -2.34. The molecule has 0 fully saturated rings. The summed E-state index contributed by atoms with van der Waals surface area (Å²) in [5, 5.41) is 0.794. The first-order chi connectivity index (χ1) is 7.99. The van der Waals surface area contributed by atoms with Crippen LogP contribution in [0.1, 0.15) is 25.3 Å². The Balaban J connectivity index is 2.84.